The first-order valence-corrected chi connectivity index (χ1v) is 9.91. The summed E-state index contributed by atoms with van der Waals surface area (Å²) < 4.78 is 29.7. The molecule has 0 radical (unpaired) electrons. The lowest BCUT2D eigenvalue weighted by molar-refractivity contribution is 0.220. The summed E-state index contributed by atoms with van der Waals surface area (Å²) in [6.45, 7) is 5.00. The van der Waals surface area contributed by atoms with E-state index in [1.165, 1.54) is 12.1 Å². The minimum Gasteiger partial charge on any atom is -0.493 e. The highest BCUT2D eigenvalue weighted by Gasteiger charge is 2.21. The van der Waals surface area contributed by atoms with Crippen LogP contribution in [0.4, 0.5) is 10.2 Å². The molecule has 1 aromatic heterocycles. The minimum atomic E-state index is -0.323. The van der Waals surface area contributed by atoms with Crippen LogP contribution in [0.1, 0.15) is 12.0 Å². The van der Waals surface area contributed by atoms with Gasteiger partial charge in [-0.1, -0.05) is 5.16 Å². The van der Waals surface area contributed by atoms with Gasteiger partial charge in [0.15, 0.2) is 22.9 Å². The number of hydrogen-bond donors (Lipinski definition) is 0. The standard InChI is InChI=1S/C22H23FN4O3/c1-28-21-13-16(15-24)3-6-19(21)29-12-2-7-26-8-10-27(11-9-26)22-18-5-4-17(23)14-20(18)30-25-22/h3-6,13-14H,2,7-12H2,1H3. The van der Waals surface area contributed by atoms with Gasteiger partial charge in [0, 0.05) is 44.9 Å². The Kier molecular flexibility index (Phi) is 6.00. The second kappa shape index (κ2) is 9.01. The lowest BCUT2D eigenvalue weighted by atomic mass is 10.2. The number of halogens is 1. The van der Waals surface area contributed by atoms with Crippen LogP contribution < -0.4 is 14.4 Å². The van der Waals surface area contributed by atoms with Crippen molar-refractivity contribution in [1.82, 2.24) is 10.1 Å². The Morgan fingerprint density at radius 3 is 2.73 bits per heavy atom. The average molecular weight is 410 g/mol. The topological polar surface area (TPSA) is 74.8 Å². The molecule has 1 aliphatic rings. The third kappa shape index (κ3) is 4.31. The molecule has 3 aromatic rings. The summed E-state index contributed by atoms with van der Waals surface area (Å²) in [6, 6.07) is 11.8. The summed E-state index contributed by atoms with van der Waals surface area (Å²) in [6.07, 6.45) is 0.884. The van der Waals surface area contributed by atoms with Gasteiger partial charge in [0.1, 0.15) is 5.82 Å². The van der Waals surface area contributed by atoms with E-state index in [4.69, 9.17) is 19.3 Å². The summed E-state index contributed by atoms with van der Waals surface area (Å²) in [7, 11) is 1.57. The average Bonchev–Trinajstić information content (AvgIpc) is 3.20. The molecule has 0 amide bonds. The predicted octanol–water partition coefficient (Wildman–Crippen LogP) is 3.44. The molecule has 0 atom stereocenters. The summed E-state index contributed by atoms with van der Waals surface area (Å²) in [5.41, 5.74) is 1.02. The maximum absolute atomic E-state index is 13.3. The number of ether oxygens (including phenoxy) is 2. The number of nitrogens with zero attached hydrogens (tertiary/aromatic N) is 4. The highest BCUT2D eigenvalue weighted by atomic mass is 19.1. The van der Waals surface area contributed by atoms with Gasteiger partial charge in [0.2, 0.25) is 0 Å². The number of benzene rings is 2. The fourth-order valence-electron chi connectivity index (χ4n) is 3.64. The lowest BCUT2D eigenvalue weighted by Crippen LogP contribution is -2.47. The Balaban J connectivity index is 1.24. The number of methoxy groups -OCH3 is 1. The van der Waals surface area contributed by atoms with Gasteiger partial charge in [-0.15, -0.1) is 0 Å². The summed E-state index contributed by atoms with van der Waals surface area (Å²) in [5.74, 6) is 1.68. The molecule has 0 bridgehead atoms. The van der Waals surface area contributed by atoms with Crippen molar-refractivity contribution in [3.63, 3.8) is 0 Å². The first-order chi connectivity index (χ1) is 14.7. The van der Waals surface area contributed by atoms with Gasteiger partial charge < -0.3 is 18.9 Å². The zero-order valence-corrected chi connectivity index (χ0v) is 16.8. The third-order valence-corrected chi connectivity index (χ3v) is 5.26. The van der Waals surface area contributed by atoms with Crippen molar-refractivity contribution in [3.05, 3.63) is 47.8 Å². The normalized spacial score (nSPS) is 14.6. The Morgan fingerprint density at radius 2 is 1.97 bits per heavy atom. The summed E-state index contributed by atoms with van der Waals surface area (Å²) >= 11 is 0. The first kappa shape index (κ1) is 20.0. The van der Waals surface area contributed by atoms with E-state index in [2.05, 4.69) is 21.0 Å². The van der Waals surface area contributed by atoms with Crippen molar-refractivity contribution in [1.29, 1.82) is 5.26 Å². The Bertz CT molecular complexity index is 1050. The van der Waals surface area contributed by atoms with Crippen LogP contribution in [0, 0.1) is 17.1 Å². The van der Waals surface area contributed by atoms with Gasteiger partial charge in [0.05, 0.1) is 30.7 Å². The smallest absolute Gasteiger partial charge is 0.180 e. The number of anilines is 1. The highest BCUT2D eigenvalue weighted by Crippen LogP contribution is 2.29. The molecule has 1 fully saturated rings. The van der Waals surface area contributed by atoms with Gasteiger partial charge >= 0.3 is 0 Å². The fourth-order valence-corrected chi connectivity index (χ4v) is 3.64. The van der Waals surface area contributed by atoms with Gasteiger partial charge in [0.25, 0.3) is 0 Å². The maximum Gasteiger partial charge on any atom is 0.180 e. The fraction of sp³-hybridized carbons (Fsp3) is 0.364. The predicted molar refractivity (Wildman–Crippen MR) is 110 cm³/mol. The molecule has 2 heterocycles. The van der Waals surface area contributed by atoms with Crippen molar-refractivity contribution in [2.45, 2.75) is 6.42 Å². The Labute approximate surface area is 174 Å². The van der Waals surface area contributed by atoms with Gasteiger partial charge in [-0.05, 0) is 30.7 Å². The number of piperazine rings is 1. The maximum atomic E-state index is 13.3. The van der Waals surface area contributed by atoms with Crippen LogP contribution in [0.15, 0.2) is 40.9 Å². The second-order valence-corrected chi connectivity index (χ2v) is 7.15. The van der Waals surface area contributed by atoms with E-state index in [1.54, 1.807) is 31.4 Å². The van der Waals surface area contributed by atoms with Crippen LogP contribution in [0.5, 0.6) is 11.5 Å². The van der Waals surface area contributed by atoms with E-state index < -0.39 is 0 Å². The molecule has 30 heavy (non-hydrogen) atoms. The molecule has 1 saturated heterocycles. The summed E-state index contributed by atoms with van der Waals surface area (Å²) in [5, 5.41) is 13.9. The molecule has 0 saturated carbocycles. The number of aromatic nitrogens is 1. The quantitative estimate of drug-likeness (QED) is 0.553. The first-order valence-electron chi connectivity index (χ1n) is 9.91. The van der Waals surface area contributed by atoms with E-state index in [0.717, 1.165) is 50.3 Å². The molecule has 8 heteroatoms. The van der Waals surface area contributed by atoms with E-state index in [0.29, 0.717) is 29.3 Å². The van der Waals surface area contributed by atoms with Gasteiger partial charge in [-0.25, -0.2) is 4.39 Å². The molecule has 156 valence electrons. The van der Waals surface area contributed by atoms with Crippen molar-refractivity contribution in [2.24, 2.45) is 0 Å². The largest absolute Gasteiger partial charge is 0.493 e. The van der Waals surface area contributed by atoms with Gasteiger partial charge in [-0.3, -0.25) is 4.90 Å². The molecule has 4 rings (SSSR count). The van der Waals surface area contributed by atoms with Crippen LogP contribution in [0.25, 0.3) is 11.0 Å². The molecule has 0 spiro atoms. The van der Waals surface area contributed by atoms with Crippen LogP contribution in [-0.2, 0) is 0 Å². The molecule has 7 nitrogen and oxygen atoms in total. The van der Waals surface area contributed by atoms with Crippen molar-refractivity contribution >= 4 is 16.8 Å². The monoisotopic (exact) mass is 410 g/mol. The highest BCUT2D eigenvalue weighted by molar-refractivity contribution is 5.88. The molecular weight excluding hydrogens is 387 g/mol. The Morgan fingerprint density at radius 1 is 1.13 bits per heavy atom. The molecular formula is C22H23FN4O3. The molecule has 0 aliphatic carbocycles. The second-order valence-electron chi connectivity index (χ2n) is 7.15. The zero-order valence-electron chi connectivity index (χ0n) is 16.8. The Hall–Kier alpha value is -3.31. The number of rotatable bonds is 7. The van der Waals surface area contributed by atoms with Crippen molar-refractivity contribution in [3.8, 4) is 17.6 Å². The van der Waals surface area contributed by atoms with E-state index in [-0.39, 0.29) is 5.82 Å². The van der Waals surface area contributed by atoms with Crippen LogP contribution >= 0.6 is 0 Å². The lowest BCUT2D eigenvalue weighted by Gasteiger charge is -2.34. The van der Waals surface area contributed by atoms with Crippen molar-refractivity contribution in [2.75, 3.05) is 51.3 Å². The van der Waals surface area contributed by atoms with Gasteiger partial charge in [-0.2, -0.15) is 5.26 Å². The molecule has 0 unspecified atom stereocenters. The molecule has 1 aliphatic heterocycles. The molecule has 2 aromatic carbocycles. The van der Waals surface area contributed by atoms with Crippen LogP contribution in [0.2, 0.25) is 0 Å². The van der Waals surface area contributed by atoms with Crippen LogP contribution in [-0.4, -0.2) is 56.5 Å². The summed E-state index contributed by atoms with van der Waals surface area (Å²) in [4.78, 5) is 4.57. The van der Waals surface area contributed by atoms with E-state index in [9.17, 15) is 4.39 Å². The zero-order chi connectivity index (χ0) is 20.9. The number of hydrogen-bond acceptors (Lipinski definition) is 7. The number of nitriles is 1. The van der Waals surface area contributed by atoms with Crippen LogP contribution in [0.3, 0.4) is 0 Å². The molecule has 0 N–H and O–H groups in total. The SMILES string of the molecule is COc1cc(C#N)ccc1OCCCN1CCN(c2noc3cc(F)ccc23)CC1. The third-order valence-electron chi connectivity index (χ3n) is 5.26. The number of fused-ring (bicyclic) bond motifs is 1. The van der Waals surface area contributed by atoms with E-state index in [1.807, 2.05) is 0 Å². The van der Waals surface area contributed by atoms with E-state index >= 15 is 0 Å². The minimum absolute atomic E-state index is 0.323. The van der Waals surface area contributed by atoms with Crippen molar-refractivity contribution < 1.29 is 18.4 Å².